The number of hydrogen-bond acceptors (Lipinski definition) is 2. The van der Waals surface area contributed by atoms with Crippen molar-refractivity contribution < 1.29 is 0 Å². The average Bonchev–Trinajstić information content (AvgIpc) is 2.53. The summed E-state index contributed by atoms with van der Waals surface area (Å²) in [6.45, 7) is 2.99. The molecule has 0 aliphatic carbocycles. The van der Waals surface area contributed by atoms with Gasteiger partial charge in [-0.3, -0.25) is 4.98 Å². The first-order chi connectivity index (χ1) is 10.2. The Hall–Kier alpha value is -1.90. The summed E-state index contributed by atoms with van der Waals surface area (Å²) in [4.78, 5) is 4.34. The first-order valence-corrected chi connectivity index (χ1v) is 7.43. The van der Waals surface area contributed by atoms with E-state index in [0.717, 1.165) is 17.1 Å². The van der Waals surface area contributed by atoms with E-state index in [2.05, 4.69) is 53.6 Å². The van der Waals surface area contributed by atoms with Gasteiger partial charge in [-0.25, -0.2) is 0 Å². The zero-order valence-electron chi connectivity index (χ0n) is 11.9. The van der Waals surface area contributed by atoms with Crippen LogP contribution in [0.2, 0.25) is 5.02 Å². The third-order valence-electron chi connectivity index (χ3n) is 3.65. The second-order valence-corrected chi connectivity index (χ2v) is 5.62. The van der Waals surface area contributed by atoms with Crippen molar-refractivity contribution in [3.8, 4) is 0 Å². The highest BCUT2D eigenvalue weighted by atomic mass is 35.5. The molecule has 0 bridgehead atoms. The zero-order chi connectivity index (χ0) is 14.7. The normalized spacial score (nSPS) is 12.5. The Morgan fingerprint density at radius 2 is 1.90 bits per heavy atom. The van der Waals surface area contributed by atoms with E-state index in [1.165, 1.54) is 16.5 Å². The fourth-order valence-corrected chi connectivity index (χ4v) is 2.50. The molecule has 106 valence electrons. The van der Waals surface area contributed by atoms with Gasteiger partial charge in [0.1, 0.15) is 0 Å². The monoisotopic (exact) mass is 296 g/mol. The molecule has 2 aromatic carbocycles. The van der Waals surface area contributed by atoms with Gasteiger partial charge in [-0.2, -0.15) is 0 Å². The minimum absolute atomic E-state index is 0.284. The molecular formula is C18H17ClN2. The molecule has 1 N–H and O–H groups in total. The zero-order valence-corrected chi connectivity index (χ0v) is 12.6. The lowest BCUT2D eigenvalue weighted by atomic mass is 10.1. The predicted molar refractivity (Wildman–Crippen MR) is 88.4 cm³/mol. The first-order valence-electron chi connectivity index (χ1n) is 7.05. The summed E-state index contributed by atoms with van der Waals surface area (Å²) in [5, 5.41) is 5.48. The minimum atomic E-state index is 0.284. The highest BCUT2D eigenvalue weighted by molar-refractivity contribution is 6.30. The molecule has 0 spiro atoms. The highest BCUT2D eigenvalue weighted by Crippen LogP contribution is 2.18. The lowest BCUT2D eigenvalue weighted by Crippen LogP contribution is -2.17. The maximum absolute atomic E-state index is 5.92. The van der Waals surface area contributed by atoms with Gasteiger partial charge < -0.3 is 5.32 Å². The van der Waals surface area contributed by atoms with Crippen LogP contribution in [0.1, 0.15) is 24.1 Å². The molecule has 0 saturated heterocycles. The smallest absolute Gasteiger partial charge is 0.0702 e. The first kappa shape index (κ1) is 14.1. The molecule has 0 amide bonds. The van der Waals surface area contributed by atoms with Gasteiger partial charge in [0, 0.05) is 29.2 Å². The quantitative estimate of drug-likeness (QED) is 0.752. The van der Waals surface area contributed by atoms with Crippen LogP contribution in [0.4, 0.5) is 0 Å². The number of benzene rings is 2. The number of halogens is 1. The molecule has 0 aliphatic rings. The van der Waals surface area contributed by atoms with Gasteiger partial charge in [0.15, 0.2) is 0 Å². The van der Waals surface area contributed by atoms with E-state index in [1.807, 2.05) is 24.4 Å². The summed E-state index contributed by atoms with van der Waals surface area (Å²) in [5.74, 6) is 0. The van der Waals surface area contributed by atoms with Crippen LogP contribution in [0.3, 0.4) is 0 Å². The van der Waals surface area contributed by atoms with Crippen molar-refractivity contribution in [2.24, 2.45) is 0 Å². The van der Waals surface area contributed by atoms with E-state index in [4.69, 9.17) is 11.6 Å². The predicted octanol–water partition coefficient (Wildman–Crippen LogP) is 4.74. The summed E-state index contributed by atoms with van der Waals surface area (Å²) < 4.78 is 0. The maximum Gasteiger partial charge on any atom is 0.0702 e. The Morgan fingerprint density at radius 3 is 2.71 bits per heavy atom. The molecule has 1 unspecified atom stereocenters. The van der Waals surface area contributed by atoms with Crippen molar-refractivity contribution in [1.29, 1.82) is 0 Å². The largest absolute Gasteiger partial charge is 0.306 e. The molecule has 1 heterocycles. The van der Waals surface area contributed by atoms with Gasteiger partial charge in [-0.05, 0) is 48.4 Å². The Labute approximate surface area is 129 Å². The van der Waals surface area contributed by atoms with Crippen LogP contribution in [0, 0.1) is 0 Å². The van der Waals surface area contributed by atoms with E-state index >= 15 is 0 Å². The molecule has 1 aromatic heterocycles. The van der Waals surface area contributed by atoms with Gasteiger partial charge in [-0.1, -0.05) is 35.9 Å². The summed E-state index contributed by atoms with van der Waals surface area (Å²) >= 11 is 5.92. The SMILES string of the molecule is CC(NCc1ccc2ncccc2c1)c1ccc(Cl)cc1. The molecule has 0 fully saturated rings. The van der Waals surface area contributed by atoms with Crippen molar-refractivity contribution in [3.05, 3.63) is 76.9 Å². The number of hydrogen-bond donors (Lipinski definition) is 1. The molecular weight excluding hydrogens is 280 g/mol. The average molecular weight is 297 g/mol. The van der Waals surface area contributed by atoms with E-state index in [-0.39, 0.29) is 6.04 Å². The summed E-state index contributed by atoms with van der Waals surface area (Å²) in [7, 11) is 0. The third-order valence-corrected chi connectivity index (χ3v) is 3.90. The Bertz CT molecular complexity index is 738. The van der Waals surface area contributed by atoms with Gasteiger partial charge in [0.2, 0.25) is 0 Å². The lowest BCUT2D eigenvalue weighted by Gasteiger charge is -2.14. The van der Waals surface area contributed by atoms with Crippen molar-refractivity contribution in [2.45, 2.75) is 19.5 Å². The maximum atomic E-state index is 5.92. The van der Waals surface area contributed by atoms with Crippen LogP contribution in [-0.2, 0) is 6.54 Å². The minimum Gasteiger partial charge on any atom is -0.306 e. The summed E-state index contributed by atoms with van der Waals surface area (Å²) in [6, 6.07) is 18.7. The van der Waals surface area contributed by atoms with Gasteiger partial charge in [0.05, 0.1) is 5.52 Å². The fraction of sp³-hybridized carbons (Fsp3) is 0.167. The number of pyridine rings is 1. The third kappa shape index (κ3) is 3.41. The Morgan fingerprint density at radius 1 is 1.10 bits per heavy atom. The molecule has 0 saturated carbocycles. The van der Waals surface area contributed by atoms with Crippen molar-refractivity contribution in [1.82, 2.24) is 10.3 Å². The molecule has 1 atom stereocenters. The van der Waals surface area contributed by atoms with Gasteiger partial charge in [-0.15, -0.1) is 0 Å². The van der Waals surface area contributed by atoms with E-state index in [1.54, 1.807) is 0 Å². The molecule has 0 aliphatic heterocycles. The second kappa shape index (κ2) is 6.25. The van der Waals surface area contributed by atoms with Gasteiger partial charge in [0.25, 0.3) is 0 Å². The van der Waals surface area contributed by atoms with E-state index in [0.29, 0.717) is 0 Å². The van der Waals surface area contributed by atoms with Crippen LogP contribution in [0.15, 0.2) is 60.8 Å². The van der Waals surface area contributed by atoms with E-state index in [9.17, 15) is 0 Å². The van der Waals surface area contributed by atoms with Crippen LogP contribution in [0.5, 0.6) is 0 Å². The Balaban J connectivity index is 1.69. The fourth-order valence-electron chi connectivity index (χ4n) is 2.38. The lowest BCUT2D eigenvalue weighted by molar-refractivity contribution is 0.575. The van der Waals surface area contributed by atoms with Crippen molar-refractivity contribution in [2.75, 3.05) is 0 Å². The molecule has 0 radical (unpaired) electrons. The number of aromatic nitrogens is 1. The van der Waals surface area contributed by atoms with Crippen LogP contribution in [-0.4, -0.2) is 4.98 Å². The second-order valence-electron chi connectivity index (χ2n) is 5.18. The summed E-state index contributed by atoms with van der Waals surface area (Å²) in [5.41, 5.74) is 3.53. The number of nitrogens with one attached hydrogen (secondary N) is 1. The molecule has 3 rings (SSSR count). The standard InChI is InChI=1S/C18H17ClN2/c1-13(15-5-7-17(19)8-6-15)21-12-14-4-9-18-16(11-14)3-2-10-20-18/h2-11,13,21H,12H2,1H3. The molecule has 2 nitrogen and oxygen atoms in total. The molecule has 21 heavy (non-hydrogen) atoms. The summed E-state index contributed by atoms with van der Waals surface area (Å²) in [6.07, 6.45) is 1.82. The van der Waals surface area contributed by atoms with Crippen LogP contribution < -0.4 is 5.32 Å². The van der Waals surface area contributed by atoms with Crippen molar-refractivity contribution >= 4 is 22.5 Å². The number of nitrogens with zero attached hydrogens (tertiary/aromatic N) is 1. The topological polar surface area (TPSA) is 24.9 Å². The van der Waals surface area contributed by atoms with Crippen molar-refractivity contribution in [3.63, 3.8) is 0 Å². The number of rotatable bonds is 4. The molecule has 3 aromatic rings. The van der Waals surface area contributed by atoms with Crippen LogP contribution >= 0.6 is 11.6 Å². The highest BCUT2D eigenvalue weighted by Gasteiger charge is 2.05. The van der Waals surface area contributed by atoms with Gasteiger partial charge >= 0.3 is 0 Å². The Kier molecular flexibility index (Phi) is 4.18. The van der Waals surface area contributed by atoms with Crippen LogP contribution in [0.25, 0.3) is 10.9 Å². The number of fused-ring (bicyclic) bond motifs is 1. The van der Waals surface area contributed by atoms with E-state index < -0.39 is 0 Å². The molecule has 3 heteroatoms.